The van der Waals surface area contributed by atoms with Gasteiger partial charge in [0.15, 0.2) is 0 Å². The Morgan fingerprint density at radius 3 is 2.63 bits per heavy atom. The molecule has 0 saturated carbocycles. The molecule has 0 fully saturated rings. The monoisotopic (exact) mass is 275 g/mol. The molecule has 0 aromatic heterocycles. The fourth-order valence-electron chi connectivity index (χ4n) is 1.96. The molecule has 100 valence electrons. The third kappa shape index (κ3) is 3.28. The van der Waals surface area contributed by atoms with E-state index in [1.807, 2.05) is 49.4 Å². The molecule has 0 heterocycles. The van der Waals surface area contributed by atoms with Crippen LogP contribution in [0.15, 0.2) is 42.5 Å². The van der Waals surface area contributed by atoms with Crippen molar-refractivity contribution in [1.82, 2.24) is 0 Å². The highest BCUT2D eigenvalue weighted by Gasteiger charge is 2.09. The zero-order valence-electron chi connectivity index (χ0n) is 11.2. The van der Waals surface area contributed by atoms with Gasteiger partial charge in [0.2, 0.25) is 0 Å². The standard InChI is InChI=1S/C16H18ClNO/c1-3-12-10-13(8-9-15(12)17)19-16-7-5-4-6-14(16)11(2)18/h4-11H,3,18H2,1-2H3/t11-/m0/s1. The van der Waals surface area contributed by atoms with Crippen LogP contribution in [0, 0.1) is 0 Å². The van der Waals surface area contributed by atoms with Crippen LogP contribution in [0.25, 0.3) is 0 Å². The summed E-state index contributed by atoms with van der Waals surface area (Å²) in [6.45, 7) is 4.02. The average Bonchev–Trinajstić information content (AvgIpc) is 2.41. The van der Waals surface area contributed by atoms with Crippen molar-refractivity contribution in [2.45, 2.75) is 26.3 Å². The number of benzene rings is 2. The summed E-state index contributed by atoms with van der Waals surface area (Å²) in [5.74, 6) is 1.58. The maximum Gasteiger partial charge on any atom is 0.132 e. The molecule has 1 atom stereocenters. The van der Waals surface area contributed by atoms with Gasteiger partial charge in [-0.15, -0.1) is 0 Å². The number of hydrogen-bond acceptors (Lipinski definition) is 2. The zero-order chi connectivity index (χ0) is 13.8. The Kier molecular flexibility index (Phi) is 4.46. The summed E-state index contributed by atoms with van der Waals surface area (Å²) < 4.78 is 5.93. The van der Waals surface area contributed by atoms with Crippen LogP contribution in [-0.2, 0) is 6.42 Å². The molecule has 2 nitrogen and oxygen atoms in total. The van der Waals surface area contributed by atoms with Gasteiger partial charge in [-0.1, -0.05) is 36.7 Å². The minimum Gasteiger partial charge on any atom is -0.457 e. The van der Waals surface area contributed by atoms with E-state index in [2.05, 4.69) is 6.92 Å². The van der Waals surface area contributed by atoms with Crippen LogP contribution < -0.4 is 10.5 Å². The lowest BCUT2D eigenvalue weighted by molar-refractivity contribution is 0.471. The van der Waals surface area contributed by atoms with E-state index < -0.39 is 0 Å². The summed E-state index contributed by atoms with van der Waals surface area (Å²) in [4.78, 5) is 0. The third-order valence-electron chi connectivity index (χ3n) is 3.04. The SMILES string of the molecule is CCc1cc(Oc2ccccc2[C@H](C)N)ccc1Cl. The van der Waals surface area contributed by atoms with Crippen molar-refractivity contribution in [3.63, 3.8) is 0 Å². The van der Waals surface area contributed by atoms with E-state index in [-0.39, 0.29) is 6.04 Å². The second kappa shape index (κ2) is 6.09. The molecule has 3 heteroatoms. The Hall–Kier alpha value is -1.51. The molecule has 0 bridgehead atoms. The second-order valence-corrected chi connectivity index (χ2v) is 4.94. The van der Waals surface area contributed by atoms with E-state index in [9.17, 15) is 0 Å². The number of aryl methyl sites for hydroxylation is 1. The van der Waals surface area contributed by atoms with E-state index >= 15 is 0 Å². The van der Waals surface area contributed by atoms with Crippen LogP contribution >= 0.6 is 11.6 Å². The van der Waals surface area contributed by atoms with Gasteiger partial charge in [-0.2, -0.15) is 0 Å². The lowest BCUT2D eigenvalue weighted by Crippen LogP contribution is -2.06. The van der Waals surface area contributed by atoms with Gasteiger partial charge in [-0.05, 0) is 43.2 Å². The first kappa shape index (κ1) is 13.9. The van der Waals surface area contributed by atoms with E-state index in [1.54, 1.807) is 0 Å². The fourth-order valence-corrected chi connectivity index (χ4v) is 2.21. The minimum absolute atomic E-state index is 0.0610. The summed E-state index contributed by atoms with van der Waals surface area (Å²) in [7, 11) is 0. The summed E-state index contributed by atoms with van der Waals surface area (Å²) in [6, 6.07) is 13.5. The van der Waals surface area contributed by atoms with Crippen LogP contribution in [0.3, 0.4) is 0 Å². The third-order valence-corrected chi connectivity index (χ3v) is 3.40. The molecule has 0 radical (unpaired) electrons. The van der Waals surface area contributed by atoms with Crippen LogP contribution in [0.4, 0.5) is 0 Å². The van der Waals surface area contributed by atoms with Crippen molar-refractivity contribution in [3.05, 3.63) is 58.6 Å². The van der Waals surface area contributed by atoms with Crippen molar-refractivity contribution < 1.29 is 4.74 Å². The first-order valence-corrected chi connectivity index (χ1v) is 6.80. The molecule has 0 spiro atoms. The molecule has 0 saturated heterocycles. The van der Waals surface area contributed by atoms with Crippen LogP contribution in [0.1, 0.15) is 31.0 Å². The first-order valence-electron chi connectivity index (χ1n) is 6.42. The molecule has 0 amide bonds. The Labute approximate surface area is 119 Å². The number of para-hydroxylation sites is 1. The predicted octanol–water partition coefficient (Wildman–Crippen LogP) is 4.71. The van der Waals surface area contributed by atoms with Crippen molar-refractivity contribution >= 4 is 11.6 Å². The van der Waals surface area contributed by atoms with Gasteiger partial charge in [0.05, 0.1) is 0 Å². The molecule has 2 N–H and O–H groups in total. The summed E-state index contributed by atoms with van der Waals surface area (Å²) in [6.07, 6.45) is 0.880. The number of ether oxygens (including phenoxy) is 1. The topological polar surface area (TPSA) is 35.2 Å². The van der Waals surface area contributed by atoms with E-state index in [1.165, 1.54) is 0 Å². The van der Waals surface area contributed by atoms with Gasteiger partial charge in [0, 0.05) is 16.6 Å². The summed E-state index contributed by atoms with van der Waals surface area (Å²) in [5, 5.41) is 0.773. The lowest BCUT2D eigenvalue weighted by Gasteiger charge is -2.14. The minimum atomic E-state index is -0.0610. The van der Waals surface area contributed by atoms with E-state index in [4.69, 9.17) is 22.1 Å². The summed E-state index contributed by atoms with van der Waals surface area (Å²) >= 11 is 6.11. The second-order valence-electron chi connectivity index (χ2n) is 4.54. The summed E-state index contributed by atoms with van der Waals surface area (Å²) in [5.41, 5.74) is 8.02. The highest BCUT2D eigenvalue weighted by atomic mass is 35.5. The molecule has 19 heavy (non-hydrogen) atoms. The number of halogens is 1. The van der Waals surface area contributed by atoms with Crippen molar-refractivity contribution in [1.29, 1.82) is 0 Å². The molecule has 0 aliphatic carbocycles. The quantitative estimate of drug-likeness (QED) is 0.877. The number of nitrogens with two attached hydrogens (primary N) is 1. The predicted molar refractivity (Wildman–Crippen MR) is 79.9 cm³/mol. The zero-order valence-corrected chi connectivity index (χ0v) is 11.9. The number of hydrogen-bond donors (Lipinski definition) is 1. The van der Waals surface area contributed by atoms with Crippen LogP contribution in [-0.4, -0.2) is 0 Å². The molecule has 0 aliphatic rings. The fraction of sp³-hybridized carbons (Fsp3) is 0.250. The van der Waals surface area contributed by atoms with Crippen LogP contribution in [0.2, 0.25) is 5.02 Å². The Balaban J connectivity index is 2.31. The molecule has 2 aromatic carbocycles. The highest BCUT2D eigenvalue weighted by Crippen LogP contribution is 2.30. The van der Waals surface area contributed by atoms with Gasteiger partial charge < -0.3 is 10.5 Å². The van der Waals surface area contributed by atoms with Gasteiger partial charge >= 0.3 is 0 Å². The molecular formula is C16H18ClNO. The lowest BCUT2D eigenvalue weighted by atomic mass is 10.1. The highest BCUT2D eigenvalue weighted by molar-refractivity contribution is 6.31. The Morgan fingerprint density at radius 2 is 1.95 bits per heavy atom. The first-order chi connectivity index (χ1) is 9.11. The smallest absolute Gasteiger partial charge is 0.132 e. The van der Waals surface area contributed by atoms with Gasteiger partial charge in [-0.25, -0.2) is 0 Å². The average molecular weight is 276 g/mol. The van der Waals surface area contributed by atoms with Crippen molar-refractivity contribution in [2.24, 2.45) is 5.73 Å². The molecule has 2 aromatic rings. The van der Waals surface area contributed by atoms with Crippen molar-refractivity contribution in [2.75, 3.05) is 0 Å². The molecule has 0 aliphatic heterocycles. The molecular weight excluding hydrogens is 258 g/mol. The van der Waals surface area contributed by atoms with E-state index in [0.29, 0.717) is 0 Å². The van der Waals surface area contributed by atoms with Gasteiger partial charge in [-0.3, -0.25) is 0 Å². The van der Waals surface area contributed by atoms with Crippen LogP contribution in [0.5, 0.6) is 11.5 Å². The van der Waals surface area contributed by atoms with Gasteiger partial charge in [0.1, 0.15) is 11.5 Å². The molecule has 2 rings (SSSR count). The maximum atomic E-state index is 6.11. The largest absolute Gasteiger partial charge is 0.457 e. The number of rotatable bonds is 4. The van der Waals surface area contributed by atoms with Crippen molar-refractivity contribution in [3.8, 4) is 11.5 Å². The Bertz CT molecular complexity index is 566. The Morgan fingerprint density at radius 1 is 1.21 bits per heavy atom. The maximum absolute atomic E-state index is 6.11. The molecule has 0 unspecified atom stereocenters. The normalized spacial score (nSPS) is 12.2. The van der Waals surface area contributed by atoms with E-state index in [0.717, 1.165) is 34.1 Å². The van der Waals surface area contributed by atoms with Gasteiger partial charge in [0.25, 0.3) is 0 Å².